The number of hydrogen-bond acceptors (Lipinski definition) is 4. The first-order valence-corrected chi connectivity index (χ1v) is 8.90. The molecule has 0 aliphatic rings. The minimum atomic E-state index is -0.0873. The standard InChI is InChI=1S/C16H24N6OS/c1-3-17-16(20-8-11-22-9-4-5-10-22)19-7-6-18-15(23)14-13(2)21-12-24-14/h4-5,9-10,12H,3,6-8,11H2,1-2H3,(H,18,23)(H2,17,19,20). The molecule has 2 heterocycles. The Hall–Kier alpha value is -2.35. The van der Waals surface area contributed by atoms with Crippen LogP contribution in [0.25, 0.3) is 0 Å². The molecule has 3 N–H and O–H groups in total. The van der Waals surface area contributed by atoms with Gasteiger partial charge in [0.2, 0.25) is 0 Å². The molecule has 130 valence electrons. The summed E-state index contributed by atoms with van der Waals surface area (Å²) in [5, 5.41) is 9.34. The van der Waals surface area contributed by atoms with Gasteiger partial charge in [0.05, 0.1) is 17.7 Å². The fraction of sp³-hybridized carbons (Fsp3) is 0.438. The first kappa shape index (κ1) is 18.0. The highest BCUT2D eigenvalue weighted by Crippen LogP contribution is 2.11. The Morgan fingerprint density at radius 3 is 2.71 bits per heavy atom. The normalized spacial score (nSPS) is 11.3. The Labute approximate surface area is 146 Å². The Kier molecular flexibility index (Phi) is 7.28. The van der Waals surface area contributed by atoms with Gasteiger partial charge < -0.3 is 20.5 Å². The summed E-state index contributed by atoms with van der Waals surface area (Å²) >= 11 is 1.35. The molecule has 8 heteroatoms. The number of carbonyl (C=O) groups is 1. The quantitative estimate of drug-likeness (QED) is 0.381. The van der Waals surface area contributed by atoms with Crippen molar-refractivity contribution in [1.29, 1.82) is 0 Å². The van der Waals surface area contributed by atoms with E-state index in [0.717, 1.165) is 31.3 Å². The Balaban J connectivity index is 1.72. The topological polar surface area (TPSA) is 83.3 Å². The number of aliphatic imine (C=N–C) groups is 1. The van der Waals surface area contributed by atoms with Gasteiger partial charge in [-0.05, 0) is 26.0 Å². The van der Waals surface area contributed by atoms with Gasteiger partial charge in [-0.25, -0.2) is 4.98 Å². The number of nitrogens with one attached hydrogen (secondary N) is 3. The lowest BCUT2D eigenvalue weighted by Gasteiger charge is -2.12. The minimum Gasteiger partial charge on any atom is -0.357 e. The number of carbonyl (C=O) groups excluding carboxylic acids is 1. The molecule has 0 atom stereocenters. The van der Waals surface area contributed by atoms with Crippen molar-refractivity contribution in [3.05, 3.63) is 40.6 Å². The van der Waals surface area contributed by atoms with Crippen LogP contribution in [0.2, 0.25) is 0 Å². The van der Waals surface area contributed by atoms with Crippen molar-refractivity contribution in [3.63, 3.8) is 0 Å². The van der Waals surface area contributed by atoms with Crippen LogP contribution in [0.3, 0.4) is 0 Å². The van der Waals surface area contributed by atoms with Crippen LogP contribution in [0.4, 0.5) is 0 Å². The molecule has 0 saturated heterocycles. The van der Waals surface area contributed by atoms with Crippen molar-refractivity contribution in [3.8, 4) is 0 Å². The Morgan fingerprint density at radius 2 is 2.04 bits per heavy atom. The fourth-order valence-electron chi connectivity index (χ4n) is 2.10. The lowest BCUT2D eigenvalue weighted by Crippen LogP contribution is -2.39. The van der Waals surface area contributed by atoms with Gasteiger partial charge in [-0.3, -0.25) is 9.79 Å². The van der Waals surface area contributed by atoms with Crippen LogP contribution in [0, 0.1) is 6.92 Å². The summed E-state index contributed by atoms with van der Waals surface area (Å²) < 4.78 is 2.11. The average molecular weight is 348 g/mol. The van der Waals surface area contributed by atoms with E-state index in [2.05, 4.69) is 30.5 Å². The molecule has 2 aromatic rings. The number of rotatable bonds is 8. The van der Waals surface area contributed by atoms with E-state index in [4.69, 9.17) is 0 Å². The van der Waals surface area contributed by atoms with Crippen molar-refractivity contribution in [1.82, 2.24) is 25.5 Å². The lowest BCUT2D eigenvalue weighted by molar-refractivity contribution is 0.0958. The summed E-state index contributed by atoms with van der Waals surface area (Å²) in [6, 6.07) is 4.01. The second-order valence-electron chi connectivity index (χ2n) is 5.13. The van der Waals surface area contributed by atoms with Gasteiger partial charge in [0, 0.05) is 38.6 Å². The predicted octanol–water partition coefficient (Wildman–Crippen LogP) is 1.24. The third kappa shape index (κ3) is 5.69. The molecule has 24 heavy (non-hydrogen) atoms. The molecular weight excluding hydrogens is 324 g/mol. The molecule has 0 saturated carbocycles. The average Bonchev–Trinajstić information content (AvgIpc) is 3.22. The van der Waals surface area contributed by atoms with E-state index >= 15 is 0 Å². The van der Waals surface area contributed by atoms with Gasteiger partial charge in [0.25, 0.3) is 5.91 Å². The first-order chi connectivity index (χ1) is 11.7. The third-order valence-corrected chi connectivity index (χ3v) is 4.22. The second-order valence-corrected chi connectivity index (χ2v) is 5.99. The number of hydrogen-bond donors (Lipinski definition) is 3. The van der Waals surface area contributed by atoms with Crippen LogP contribution in [0.1, 0.15) is 22.3 Å². The summed E-state index contributed by atoms with van der Waals surface area (Å²) in [5.74, 6) is 0.670. The molecule has 2 aromatic heterocycles. The molecule has 1 amide bonds. The van der Waals surface area contributed by atoms with Crippen LogP contribution in [-0.4, -0.2) is 47.6 Å². The van der Waals surface area contributed by atoms with Gasteiger partial charge in [-0.1, -0.05) is 0 Å². The maximum atomic E-state index is 12.0. The van der Waals surface area contributed by atoms with E-state index in [9.17, 15) is 4.79 Å². The first-order valence-electron chi connectivity index (χ1n) is 8.02. The molecule has 0 aromatic carbocycles. The van der Waals surface area contributed by atoms with E-state index in [0.29, 0.717) is 18.0 Å². The van der Waals surface area contributed by atoms with E-state index in [-0.39, 0.29) is 5.91 Å². The lowest BCUT2D eigenvalue weighted by atomic mass is 10.4. The number of aryl methyl sites for hydroxylation is 1. The van der Waals surface area contributed by atoms with E-state index in [1.54, 1.807) is 5.51 Å². The Bertz CT molecular complexity index is 649. The van der Waals surface area contributed by atoms with Crippen molar-refractivity contribution >= 4 is 23.2 Å². The van der Waals surface area contributed by atoms with Crippen molar-refractivity contribution in [2.75, 3.05) is 26.2 Å². The summed E-state index contributed by atoms with van der Waals surface area (Å²) in [5.41, 5.74) is 2.45. The zero-order valence-corrected chi connectivity index (χ0v) is 14.9. The molecular formula is C16H24N6OS. The number of amides is 1. The number of guanidine groups is 1. The fourth-order valence-corrected chi connectivity index (χ4v) is 2.82. The molecule has 0 fully saturated rings. The van der Waals surface area contributed by atoms with Crippen LogP contribution in [0.5, 0.6) is 0 Å². The Morgan fingerprint density at radius 1 is 1.25 bits per heavy atom. The maximum absolute atomic E-state index is 12.0. The molecule has 0 unspecified atom stereocenters. The smallest absolute Gasteiger partial charge is 0.263 e. The molecule has 0 aliphatic carbocycles. The van der Waals surface area contributed by atoms with Crippen molar-refractivity contribution in [2.24, 2.45) is 4.99 Å². The summed E-state index contributed by atoms with van der Waals surface area (Å²) in [4.78, 5) is 21.2. The van der Waals surface area contributed by atoms with E-state index in [1.165, 1.54) is 11.3 Å². The molecule has 0 aliphatic heterocycles. The molecule has 7 nitrogen and oxygen atoms in total. The third-order valence-electron chi connectivity index (χ3n) is 3.29. The number of thiazole rings is 1. The van der Waals surface area contributed by atoms with Gasteiger partial charge >= 0.3 is 0 Å². The summed E-state index contributed by atoms with van der Waals surface area (Å²) in [6.45, 7) is 7.32. The van der Waals surface area contributed by atoms with Gasteiger partial charge in [-0.2, -0.15) is 0 Å². The van der Waals surface area contributed by atoms with Crippen LogP contribution >= 0.6 is 11.3 Å². The summed E-state index contributed by atoms with van der Waals surface area (Å²) in [7, 11) is 0. The van der Waals surface area contributed by atoms with E-state index < -0.39 is 0 Å². The largest absolute Gasteiger partial charge is 0.357 e. The molecule has 0 spiro atoms. The predicted molar refractivity (Wildman–Crippen MR) is 97.6 cm³/mol. The minimum absolute atomic E-state index is 0.0873. The molecule has 2 rings (SSSR count). The highest BCUT2D eigenvalue weighted by Gasteiger charge is 2.10. The van der Waals surface area contributed by atoms with Gasteiger partial charge in [0.15, 0.2) is 5.96 Å². The van der Waals surface area contributed by atoms with Gasteiger partial charge in [0.1, 0.15) is 4.88 Å². The SMILES string of the molecule is CCNC(=NCCNC(=O)c1scnc1C)NCCn1cccc1. The van der Waals surface area contributed by atoms with Gasteiger partial charge in [-0.15, -0.1) is 11.3 Å². The number of aromatic nitrogens is 2. The van der Waals surface area contributed by atoms with Crippen molar-refractivity contribution in [2.45, 2.75) is 20.4 Å². The zero-order chi connectivity index (χ0) is 17.2. The summed E-state index contributed by atoms with van der Waals surface area (Å²) in [6.07, 6.45) is 4.06. The highest BCUT2D eigenvalue weighted by atomic mass is 32.1. The molecule has 0 bridgehead atoms. The monoisotopic (exact) mass is 348 g/mol. The highest BCUT2D eigenvalue weighted by molar-refractivity contribution is 7.11. The zero-order valence-electron chi connectivity index (χ0n) is 14.1. The van der Waals surface area contributed by atoms with Crippen LogP contribution in [0.15, 0.2) is 35.0 Å². The van der Waals surface area contributed by atoms with Crippen LogP contribution < -0.4 is 16.0 Å². The van der Waals surface area contributed by atoms with Crippen molar-refractivity contribution < 1.29 is 4.79 Å². The van der Waals surface area contributed by atoms with Crippen LogP contribution in [-0.2, 0) is 6.54 Å². The maximum Gasteiger partial charge on any atom is 0.263 e. The number of nitrogens with zero attached hydrogens (tertiary/aromatic N) is 3. The molecule has 0 radical (unpaired) electrons. The van der Waals surface area contributed by atoms with E-state index in [1.807, 2.05) is 38.4 Å². The second kappa shape index (κ2) is 9.71.